The van der Waals surface area contributed by atoms with Gasteiger partial charge in [0.2, 0.25) is 5.91 Å². The van der Waals surface area contributed by atoms with Gasteiger partial charge >= 0.3 is 5.97 Å². The molecule has 1 atom stereocenters. The van der Waals surface area contributed by atoms with Gasteiger partial charge in [-0.3, -0.25) is 18.8 Å². The van der Waals surface area contributed by atoms with Crippen LogP contribution in [0.3, 0.4) is 0 Å². The molecule has 13 heteroatoms. The molecule has 3 aromatic rings. The lowest BCUT2D eigenvalue weighted by Gasteiger charge is -2.32. The summed E-state index contributed by atoms with van der Waals surface area (Å²) >= 11 is 0. The van der Waals surface area contributed by atoms with Crippen molar-refractivity contribution in [2.75, 3.05) is 17.2 Å². The number of aromatic carboxylic acids is 1. The first-order chi connectivity index (χ1) is 21.5. The number of nitrogens with two attached hydrogens (primary N) is 1. The minimum absolute atomic E-state index is 0.0870. The maximum Gasteiger partial charge on any atom is 0.335 e. The van der Waals surface area contributed by atoms with Crippen molar-refractivity contribution in [2.24, 2.45) is 0 Å². The zero-order valence-electron chi connectivity index (χ0n) is 25.4. The summed E-state index contributed by atoms with van der Waals surface area (Å²) in [6.45, 7) is 7.76. The number of amides is 1. The van der Waals surface area contributed by atoms with Crippen molar-refractivity contribution >= 4 is 43.5 Å². The molecule has 3 aromatic carbocycles. The molecule has 0 fully saturated rings. The van der Waals surface area contributed by atoms with Crippen molar-refractivity contribution < 1.29 is 46.0 Å². The Bertz CT molecular complexity index is 1850. The molecule has 244 valence electrons. The van der Waals surface area contributed by atoms with Gasteiger partial charge in [-0.25, -0.2) is 4.79 Å². The van der Waals surface area contributed by atoms with Gasteiger partial charge in [-0.15, -0.1) is 0 Å². The highest BCUT2D eigenvalue weighted by molar-refractivity contribution is 7.86. The van der Waals surface area contributed by atoms with E-state index in [-0.39, 0.29) is 35.8 Å². The number of rotatable bonds is 15. The van der Waals surface area contributed by atoms with Crippen LogP contribution in [0.4, 0.5) is 11.4 Å². The molecule has 0 heterocycles. The molecule has 5 N–H and O–H groups in total. The summed E-state index contributed by atoms with van der Waals surface area (Å²) in [6, 6.07) is 19.3. The van der Waals surface area contributed by atoms with E-state index in [0.717, 1.165) is 0 Å². The predicted octanol–water partition coefficient (Wildman–Crippen LogP) is 4.28. The van der Waals surface area contributed by atoms with E-state index in [0.29, 0.717) is 28.1 Å². The lowest BCUT2D eigenvalue weighted by Crippen LogP contribution is -2.79. The quantitative estimate of drug-likeness (QED) is 0.0794. The third-order valence-corrected chi connectivity index (χ3v) is 9.03. The zero-order valence-corrected chi connectivity index (χ0v) is 27.0. The van der Waals surface area contributed by atoms with Crippen molar-refractivity contribution in [3.63, 3.8) is 0 Å². The van der Waals surface area contributed by atoms with E-state index >= 15 is 0 Å². The molecule has 0 saturated carbocycles. The number of anilines is 1. The topological polar surface area (TPSA) is 183 Å². The molecular weight excluding hydrogens is 633 g/mol. The number of benzene rings is 3. The number of allylic oxidation sites excluding steroid dienone is 4. The van der Waals surface area contributed by atoms with E-state index < -0.39 is 37.4 Å². The molecule has 0 aromatic heterocycles. The first kappa shape index (κ1) is 36.1. The standard InChI is InChI=1S/C33H36N2O9S2/c1-24(10-7-8-20-35(25(2)36)28-11-5-4-6-12-28)33(3,23-26-13-15-27(16-14-26)32(37)38)30-22-29(46(42,43)44)17-18-31(30)34-19-9-21-45(39,40)41/h4-8,10-18,20,22,34H,1,9,19,21,23H2,2-3H3,(H,37,38)(H,39,40,41)(H,42,43,44)/p+1/b10-7+,20-8+. The lowest BCUT2D eigenvalue weighted by molar-refractivity contribution is -0.572. The summed E-state index contributed by atoms with van der Waals surface area (Å²) in [5.74, 6) is -1.76. The Morgan fingerprint density at radius 3 is 2.17 bits per heavy atom. The first-order valence-corrected chi connectivity index (χ1v) is 17.2. The molecule has 1 amide bonds. The fourth-order valence-corrected chi connectivity index (χ4v) is 5.92. The van der Waals surface area contributed by atoms with Crippen molar-refractivity contribution in [1.82, 2.24) is 0 Å². The van der Waals surface area contributed by atoms with Crippen LogP contribution in [0.25, 0.3) is 0 Å². The minimum Gasteiger partial charge on any atom is -0.478 e. The molecule has 3 rings (SSSR count). The van der Waals surface area contributed by atoms with E-state index in [4.69, 9.17) is 4.55 Å². The zero-order chi connectivity index (χ0) is 34.1. The number of carbonyl (C=O) groups is 2. The highest BCUT2D eigenvalue weighted by atomic mass is 32.2. The second-order valence-corrected chi connectivity index (χ2v) is 13.8. The van der Waals surface area contributed by atoms with Gasteiger partial charge in [-0.2, -0.15) is 16.8 Å². The number of nitrogens with zero attached hydrogens (tertiary/aromatic N) is 1. The summed E-state index contributed by atoms with van der Waals surface area (Å²) < 4.78 is 65.8. The van der Waals surface area contributed by atoms with E-state index in [9.17, 15) is 36.1 Å². The van der Waals surface area contributed by atoms with Crippen LogP contribution in [-0.2, 0) is 36.9 Å². The smallest absolute Gasteiger partial charge is 0.335 e. The molecule has 0 saturated heterocycles. The lowest BCUT2D eigenvalue weighted by atomic mass is 9.71. The average molecular weight is 670 g/mol. The summed E-state index contributed by atoms with van der Waals surface area (Å²) in [4.78, 5) is 24.8. The maximum atomic E-state index is 12.3. The summed E-state index contributed by atoms with van der Waals surface area (Å²) in [5, 5.41) is 11.1. The van der Waals surface area contributed by atoms with Gasteiger partial charge in [-0.1, -0.05) is 56.0 Å². The predicted molar refractivity (Wildman–Crippen MR) is 175 cm³/mol. The highest BCUT2D eigenvalue weighted by Crippen LogP contribution is 2.39. The second-order valence-electron chi connectivity index (χ2n) is 10.8. The van der Waals surface area contributed by atoms with Gasteiger partial charge in [0.05, 0.1) is 22.8 Å². The number of hydrogen-bond donors (Lipinski definition) is 4. The van der Waals surface area contributed by atoms with Crippen molar-refractivity contribution in [3.8, 4) is 0 Å². The monoisotopic (exact) mass is 669 g/mol. The Hall–Kier alpha value is -4.40. The van der Waals surface area contributed by atoms with Gasteiger partial charge < -0.3 is 10.4 Å². The second kappa shape index (κ2) is 15.3. The Balaban J connectivity index is 2.08. The van der Waals surface area contributed by atoms with Gasteiger partial charge in [0.25, 0.3) is 20.2 Å². The SMILES string of the molecule is C=C(/C=C/C=C/N(C(C)=O)c1ccccc1)C(C)(Cc1ccc(C(=O)O)cc1)c1cc(S(=O)(=O)O)ccc1[NH2+]CCCS(=O)(=O)O. The summed E-state index contributed by atoms with van der Waals surface area (Å²) in [7, 11) is -8.79. The largest absolute Gasteiger partial charge is 0.478 e. The minimum atomic E-state index is -4.61. The number of carboxylic acids is 1. The van der Waals surface area contributed by atoms with Gasteiger partial charge in [0.1, 0.15) is 5.69 Å². The first-order valence-electron chi connectivity index (χ1n) is 14.1. The van der Waals surface area contributed by atoms with Crippen LogP contribution >= 0.6 is 0 Å². The van der Waals surface area contributed by atoms with E-state index in [2.05, 4.69) is 6.58 Å². The van der Waals surface area contributed by atoms with Crippen LogP contribution in [-0.4, -0.2) is 55.2 Å². The van der Waals surface area contributed by atoms with Crippen LogP contribution in [0.5, 0.6) is 0 Å². The number of para-hydroxylation sites is 1. The Morgan fingerprint density at radius 1 is 0.957 bits per heavy atom. The summed E-state index contributed by atoms with van der Waals surface area (Å²) in [5.41, 5.74) is 1.92. The molecule has 0 aliphatic rings. The third-order valence-electron chi connectivity index (χ3n) is 7.37. The molecule has 0 aliphatic heterocycles. The summed E-state index contributed by atoms with van der Waals surface area (Å²) in [6.07, 6.45) is 6.95. The van der Waals surface area contributed by atoms with E-state index in [1.165, 1.54) is 42.2 Å². The van der Waals surface area contributed by atoms with Crippen molar-refractivity contribution in [1.29, 1.82) is 0 Å². The van der Waals surface area contributed by atoms with E-state index in [1.807, 2.05) is 25.1 Å². The number of quaternary nitrogens is 1. The Labute approximate surface area is 269 Å². The maximum absolute atomic E-state index is 12.3. The number of carboxylic acid groups (broad SMARTS) is 1. The van der Waals surface area contributed by atoms with E-state index in [1.54, 1.807) is 54.0 Å². The van der Waals surface area contributed by atoms with Crippen LogP contribution in [0.2, 0.25) is 0 Å². The van der Waals surface area contributed by atoms with Crippen molar-refractivity contribution in [3.05, 3.63) is 126 Å². The van der Waals surface area contributed by atoms with Crippen LogP contribution in [0.1, 0.15) is 41.8 Å². The van der Waals surface area contributed by atoms with Crippen LogP contribution in [0.15, 0.2) is 114 Å². The average Bonchev–Trinajstić information content (AvgIpc) is 2.98. The van der Waals surface area contributed by atoms with Crippen LogP contribution < -0.4 is 10.2 Å². The molecule has 0 aliphatic carbocycles. The molecule has 46 heavy (non-hydrogen) atoms. The van der Waals surface area contributed by atoms with Crippen molar-refractivity contribution in [2.45, 2.75) is 37.0 Å². The molecule has 1 unspecified atom stereocenters. The van der Waals surface area contributed by atoms with Gasteiger partial charge in [0, 0.05) is 42.3 Å². The van der Waals surface area contributed by atoms with Gasteiger partial charge in [0.15, 0.2) is 0 Å². The highest BCUT2D eigenvalue weighted by Gasteiger charge is 2.34. The fourth-order valence-electron chi connectivity index (χ4n) is 4.88. The molecule has 0 bridgehead atoms. The molecular formula is C33H37N2O9S2+. The van der Waals surface area contributed by atoms with Gasteiger partial charge in [-0.05, 0) is 60.0 Å². The number of carbonyl (C=O) groups excluding carboxylic acids is 1. The molecule has 0 spiro atoms. The normalized spacial score (nSPS) is 13.5. The molecule has 0 radical (unpaired) electrons. The fraction of sp³-hybridized carbons (Fsp3) is 0.212. The third kappa shape index (κ3) is 10.1. The molecule has 11 nitrogen and oxygen atoms in total. The Morgan fingerprint density at radius 2 is 1.61 bits per heavy atom. The Kier molecular flexibility index (Phi) is 12.0. The number of hydrogen-bond acceptors (Lipinski definition) is 6. The van der Waals surface area contributed by atoms with Crippen LogP contribution in [0, 0.1) is 0 Å².